The van der Waals surface area contributed by atoms with Crippen molar-refractivity contribution in [2.45, 2.75) is 0 Å². The Kier molecular flexibility index (Phi) is 4.65. The molecule has 0 spiro atoms. The molecule has 7 heteroatoms. The number of anilines is 1. The summed E-state index contributed by atoms with van der Waals surface area (Å²) in [5.41, 5.74) is 0.920. The maximum Gasteiger partial charge on any atom is 0.253 e. The quantitative estimate of drug-likeness (QED) is 0.799. The van der Waals surface area contributed by atoms with Crippen molar-refractivity contribution < 1.29 is 13.9 Å². The monoisotopic (exact) mass is 357 g/mol. The lowest BCUT2D eigenvalue weighted by Gasteiger charge is -2.32. The Morgan fingerprint density at radius 3 is 2.46 bits per heavy atom. The molecule has 2 fully saturated rings. The van der Waals surface area contributed by atoms with Crippen LogP contribution in [0.5, 0.6) is 0 Å². The van der Waals surface area contributed by atoms with Gasteiger partial charge in [0, 0.05) is 50.9 Å². The summed E-state index contributed by atoms with van der Waals surface area (Å²) in [7, 11) is 2.05. The summed E-state index contributed by atoms with van der Waals surface area (Å²) in [6.07, 6.45) is 0. The highest BCUT2D eigenvalue weighted by molar-refractivity contribution is 5.97. The highest BCUT2D eigenvalue weighted by Crippen LogP contribution is 2.21. The van der Waals surface area contributed by atoms with Gasteiger partial charge < -0.3 is 23.9 Å². The zero-order valence-corrected chi connectivity index (χ0v) is 14.9. The van der Waals surface area contributed by atoms with E-state index in [-0.39, 0.29) is 11.3 Å². The van der Waals surface area contributed by atoms with E-state index in [0.29, 0.717) is 61.8 Å². The van der Waals surface area contributed by atoms with Crippen LogP contribution in [0.3, 0.4) is 0 Å². The highest BCUT2D eigenvalue weighted by Gasteiger charge is 2.21. The van der Waals surface area contributed by atoms with Crippen molar-refractivity contribution in [1.29, 1.82) is 0 Å². The fourth-order valence-electron chi connectivity index (χ4n) is 3.41. The van der Waals surface area contributed by atoms with Gasteiger partial charge in [-0.05, 0) is 25.2 Å². The zero-order chi connectivity index (χ0) is 18.1. The van der Waals surface area contributed by atoms with Crippen LogP contribution < -0.4 is 10.3 Å². The fraction of sp³-hybridized carbons (Fsp3) is 0.474. The van der Waals surface area contributed by atoms with E-state index < -0.39 is 0 Å². The molecule has 0 bridgehead atoms. The molecule has 2 aromatic rings. The minimum absolute atomic E-state index is 0.0309. The fourth-order valence-corrected chi connectivity index (χ4v) is 3.41. The van der Waals surface area contributed by atoms with Gasteiger partial charge in [-0.3, -0.25) is 9.59 Å². The van der Waals surface area contributed by atoms with Crippen LogP contribution in [0.2, 0.25) is 0 Å². The van der Waals surface area contributed by atoms with Gasteiger partial charge in [-0.15, -0.1) is 0 Å². The highest BCUT2D eigenvalue weighted by atomic mass is 16.5. The van der Waals surface area contributed by atoms with Crippen molar-refractivity contribution in [2.24, 2.45) is 0 Å². The molecular formula is C19H23N3O4. The van der Waals surface area contributed by atoms with Crippen LogP contribution >= 0.6 is 0 Å². The third kappa shape index (κ3) is 3.32. The van der Waals surface area contributed by atoms with Gasteiger partial charge in [-0.25, -0.2) is 0 Å². The van der Waals surface area contributed by atoms with Crippen LogP contribution in [-0.4, -0.2) is 75.2 Å². The van der Waals surface area contributed by atoms with Crippen molar-refractivity contribution in [3.05, 3.63) is 40.1 Å². The lowest BCUT2D eigenvalue weighted by molar-refractivity contribution is 0.0664. The van der Waals surface area contributed by atoms with Crippen molar-refractivity contribution in [3.8, 4) is 0 Å². The maximum absolute atomic E-state index is 12.7. The summed E-state index contributed by atoms with van der Waals surface area (Å²) >= 11 is 0. The first-order valence-corrected chi connectivity index (χ1v) is 9.00. The number of likely N-dealkylation sites (N-methyl/N-ethyl adjacent to an activating group) is 1. The van der Waals surface area contributed by atoms with Crippen LogP contribution in [0, 0.1) is 0 Å². The molecule has 4 rings (SSSR count). The molecule has 2 aliphatic rings. The van der Waals surface area contributed by atoms with Crippen molar-refractivity contribution in [3.63, 3.8) is 0 Å². The molecule has 0 unspecified atom stereocenters. The molecule has 1 aromatic carbocycles. The molecule has 1 amide bonds. The molecule has 0 radical (unpaired) electrons. The van der Waals surface area contributed by atoms with E-state index >= 15 is 0 Å². The number of benzene rings is 1. The van der Waals surface area contributed by atoms with E-state index in [4.69, 9.17) is 9.15 Å². The lowest BCUT2D eigenvalue weighted by atomic mass is 10.1. The summed E-state index contributed by atoms with van der Waals surface area (Å²) in [6, 6.07) is 6.64. The third-order valence-corrected chi connectivity index (χ3v) is 5.07. The topological polar surface area (TPSA) is 66.2 Å². The Morgan fingerprint density at radius 1 is 1.00 bits per heavy atom. The number of hydrogen-bond donors (Lipinski definition) is 0. The number of piperazine rings is 1. The van der Waals surface area contributed by atoms with Crippen LogP contribution in [0.4, 0.5) is 5.88 Å². The molecule has 3 heterocycles. The first-order chi connectivity index (χ1) is 12.6. The smallest absolute Gasteiger partial charge is 0.253 e. The molecule has 2 aliphatic heterocycles. The molecule has 0 aliphatic carbocycles. The van der Waals surface area contributed by atoms with Crippen LogP contribution in [0.15, 0.2) is 33.5 Å². The molecular weight excluding hydrogens is 334 g/mol. The number of fused-ring (bicyclic) bond motifs is 1. The zero-order valence-electron chi connectivity index (χ0n) is 14.9. The normalized spacial score (nSPS) is 19.1. The Labute approximate surface area is 151 Å². The summed E-state index contributed by atoms with van der Waals surface area (Å²) < 4.78 is 11.3. The Hall–Kier alpha value is -2.38. The molecule has 26 heavy (non-hydrogen) atoms. The minimum Gasteiger partial charge on any atom is -0.440 e. The van der Waals surface area contributed by atoms with Crippen LogP contribution in [0.1, 0.15) is 10.4 Å². The van der Waals surface area contributed by atoms with Crippen LogP contribution in [0.25, 0.3) is 11.0 Å². The number of rotatable bonds is 2. The van der Waals surface area contributed by atoms with Gasteiger partial charge in [0.05, 0.1) is 18.6 Å². The van der Waals surface area contributed by atoms with Gasteiger partial charge >= 0.3 is 0 Å². The summed E-state index contributed by atoms with van der Waals surface area (Å²) in [6.45, 7) is 5.80. The van der Waals surface area contributed by atoms with Gasteiger partial charge in [0.15, 0.2) is 11.3 Å². The Morgan fingerprint density at radius 2 is 1.73 bits per heavy atom. The average Bonchev–Trinajstić information content (AvgIpc) is 2.68. The van der Waals surface area contributed by atoms with E-state index in [0.717, 1.165) is 13.1 Å². The minimum atomic E-state index is -0.124. The summed E-state index contributed by atoms with van der Waals surface area (Å²) in [5.74, 6) is 0.528. The standard InChI is InChI=1S/C19H23N3O4/c1-20-4-6-22(7-5-20)19(24)14-2-3-17-15(12-14)16(23)13-18(26-17)21-8-10-25-11-9-21/h2-3,12-13H,4-11H2,1H3. The summed E-state index contributed by atoms with van der Waals surface area (Å²) in [4.78, 5) is 31.4. The number of ether oxygens (including phenoxy) is 1. The Balaban J connectivity index is 1.62. The van der Waals surface area contributed by atoms with E-state index in [9.17, 15) is 9.59 Å². The number of nitrogens with zero attached hydrogens (tertiary/aromatic N) is 3. The molecule has 7 nitrogen and oxygen atoms in total. The van der Waals surface area contributed by atoms with E-state index in [1.54, 1.807) is 18.2 Å². The molecule has 1 aromatic heterocycles. The second kappa shape index (κ2) is 7.09. The number of amides is 1. The predicted molar refractivity (Wildman–Crippen MR) is 98.9 cm³/mol. The van der Waals surface area contributed by atoms with Gasteiger partial charge in [0.2, 0.25) is 0 Å². The second-order valence-electron chi connectivity index (χ2n) is 6.85. The van der Waals surface area contributed by atoms with Crippen molar-refractivity contribution in [2.75, 3.05) is 64.4 Å². The first kappa shape index (κ1) is 17.1. The van der Waals surface area contributed by atoms with E-state index in [2.05, 4.69) is 11.9 Å². The largest absolute Gasteiger partial charge is 0.440 e. The van der Waals surface area contributed by atoms with Gasteiger partial charge in [0.1, 0.15) is 5.58 Å². The maximum atomic E-state index is 12.7. The third-order valence-electron chi connectivity index (χ3n) is 5.07. The number of hydrogen-bond acceptors (Lipinski definition) is 6. The van der Waals surface area contributed by atoms with E-state index in [1.807, 2.05) is 9.80 Å². The number of carbonyl (C=O) groups is 1. The predicted octanol–water partition coefficient (Wildman–Crippen LogP) is 1.02. The first-order valence-electron chi connectivity index (χ1n) is 9.00. The van der Waals surface area contributed by atoms with Gasteiger partial charge in [-0.2, -0.15) is 0 Å². The van der Waals surface area contributed by atoms with Gasteiger partial charge in [0.25, 0.3) is 5.91 Å². The molecule has 0 saturated carbocycles. The van der Waals surface area contributed by atoms with Crippen LogP contribution in [-0.2, 0) is 4.74 Å². The molecule has 2 saturated heterocycles. The lowest BCUT2D eigenvalue weighted by Crippen LogP contribution is -2.47. The number of carbonyl (C=O) groups excluding carboxylic acids is 1. The average molecular weight is 357 g/mol. The molecule has 138 valence electrons. The SMILES string of the molecule is CN1CCN(C(=O)c2ccc3oc(N4CCOCC4)cc(=O)c3c2)CC1. The second-order valence-corrected chi connectivity index (χ2v) is 6.85. The molecule has 0 atom stereocenters. The molecule has 0 N–H and O–H groups in total. The van der Waals surface area contributed by atoms with E-state index in [1.165, 1.54) is 6.07 Å². The summed E-state index contributed by atoms with van der Waals surface area (Å²) in [5, 5.41) is 0.446. The Bertz CT molecular complexity index is 865. The number of morpholine rings is 1. The van der Waals surface area contributed by atoms with Crippen molar-refractivity contribution >= 4 is 22.8 Å². The van der Waals surface area contributed by atoms with Gasteiger partial charge in [-0.1, -0.05) is 0 Å². The van der Waals surface area contributed by atoms with Crippen molar-refractivity contribution in [1.82, 2.24) is 9.80 Å².